The van der Waals surface area contributed by atoms with Crippen molar-refractivity contribution in [3.8, 4) is 0 Å². The molecule has 0 fully saturated rings. The molecule has 58 valence electrons. The first-order chi connectivity index (χ1) is 4.70. The fraction of sp³-hybridized carbons (Fsp3) is 0.429. The van der Waals surface area contributed by atoms with E-state index in [1.165, 1.54) is 0 Å². The predicted molar refractivity (Wildman–Crippen MR) is 44.1 cm³/mol. The minimum atomic E-state index is 0.554. The van der Waals surface area contributed by atoms with Crippen LogP contribution in [-0.4, -0.2) is 13.6 Å². The van der Waals surface area contributed by atoms with E-state index in [0.29, 0.717) is 12.2 Å². The van der Waals surface area contributed by atoms with E-state index >= 15 is 0 Å². The highest BCUT2D eigenvalue weighted by Gasteiger charge is 1.84. The predicted octanol–water partition coefficient (Wildman–Crippen LogP) is -0.0891. The fourth-order valence-corrected chi connectivity index (χ4v) is 0.552. The molecule has 0 atom stereocenters. The van der Waals surface area contributed by atoms with Crippen LogP contribution in [0, 0.1) is 0 Å². The zero-order valence-electron chi connectivity index (χ0n) is 6.52. The molecular formula is C7H15N3. The Bertz CT molecular complexity index is 147. The number of hydrogen-bond donors (Lipinski definition) is 3. The largest absolute Gasteiger partial charge is 0.398 e. The minimum absolute atomic E-state index is 0.554. The number of rotatable bonds is 3. The SMILES string of the molecule is CN/C=C(N)\C=C(/C)CN. The van der Waals surface area contributed by atoms with Crippen LogP contribution in [0.2, 0.25) is 0 Å². The van der Waals surface area contributed by atoms with Gasteiger partial charge in [0.25, 0.3) is 0 Å². The molecule has 10 heavy (non-hydrogen) atoms. The molecular weight excluding hydrogens is 126 g/mol. The Morgan fingerprint density at radius 3 is 2.60 bits per heavy atom. The molecule has 0 spiro atoms. The lowest BCUT2D eigenvalue weighted by Crippen LogP contribution is -2.05. The summed E-state index contributed by atoms with van der Waals surface area (Å²) in [5.41, 5.74) is 12.6. The highest BCUT2D eigenvalue weighted by atomic mass is 14.8. The van der Waals surface area contributed by atoms with Gasteiger partial charge in [-0.2, -0.15) is 0 Å². The van der Waals surface area contributed by atoms with Gasteiger partial charge in [-0.3, -0.25) is 0 Å². The highest BCUT2D eigenvalue weighted by Crippen LogP contribution is 1.92. The van der Waals surface area contributed by atoms with Crippen molar-refractivity contribution in [2.75, 3.05) is 13.6 Å². The van der Waals surface area contributed by atoms with Crippen LogP contribution in [-0.2, 0) is 0 Å². The first-order valence-electron chi connectivity index (χ1n) is 3.21. The Morgan fingerprint density at radius 2 is 2.20 bits per heavy atom. The van der Waals surface area contributed by atoms with Crippen molar-refractivity contribution in [3.05, 3.63) is 23.5 Å². The van der Waals surface area contributed by atoms with Gasteiger partial charge in [0.1, 0.15) is 0 Å². The van der Waals surface area contributed by atoms with Crippen LogP contribution in [0.25, 0.3) is 0 Å². The van der Waals surface area contributed by atoms with Gasteiger partial charge >= 0.3 is 0 Å². The van der Waals surface area contributed by atoms with Gasteiger partial charge in [-0.05, 0) is 13.0 Å². The maximum Gasteiger partial charge on any atom is 0.0473 e. The summed E-state index contributed by atoms with van der Waals surface area (Å²) in [6.07, 6.45) is 3.57. The zero-order valence-corrected chi connectivity index (χ0v) is 6.52. The topological polar surface area (TPSA) is 64.1 Å². The second kappa shape index (κ2) is 4.88. The lowest BCUT2D eigenvalue weighted by Gasteiger charge is -1.96. The van der Waals surface area contributed by atoms with Crippen LogP contribution in [0.3, 0.4) is 0 Å². The summed E-state index contributed by atoms with van der Waals surface area (Å²) in [5, 5.41) is 2.82. The third kappa shape index (κ3) is 3.97. The Labute approximate surface area is 61.8 Å². The van der Waals surface area contributed by atoms with E-state index in [-0.39, 0.29) is 0 Å². The molecule has 0 saturated carbocycles. The molecule has 3 heteroatoms. The maximum atomic E-state index is 5.53. The standard InChI is InChI=1S/C7H15N3/c1-6(4-8)3-7(9)5-10-2/h3,5,10H,4,8-9H2,1-2H3/b6-3+,7-5+. The Kier molecular flexibility index (Phi) is 4.41. The van der Waals surface area contributed by atoms with Gasteiger partial charge in [0.05, 0.1) is 0 Å². The van der Waals surface area contributed by atoms with Gasteiger partial charge in [-0.1, -0.05) is 5.57 Å². The average Bonchev–Trinajstić information content (AvgIpc) is 1.88. The highest BCUT2D eigenvalue weighted by molar-refractivity contribution is 5.19. The molecule has 0 amide bonds. The van der Waals surface area contributed by atoms with Crippen molar-refractivity contribution in [1.29, 1.82) is 0 Å². The van der Waals surface area contributed by atoms with E-state index in [1.807, 2.05) is 13.0 Å². The smallest absolute Gasteiger partial charge is 0.0473 e. The Hall–Kier alpha value is -0.960. The second-order valence-corrected chi connectivity index (χ2v) is 2.13. The summed E-state index contributed by atoms with van der Waals surface area (Å²) in [4.78, 5) is 0. The molecule has 0 aliphatic heterocycles. The van der Waals surface area contributed by atoms with E-state index in [2.05, 4.69) is 5.32 Å². The molecule has 0 rings (SSSR count). The molecule has 0 aromatic rings. The summed E-state index contributed by atoms with van der Waals surface area (Å²) < 4.78 is 0. The van der Waals surface area contributed by atoms with Gasteiger partial charge in [-0.25, -0.2) is 0 Å². The van der Waals surface area contributed by atoms with Crippen molar-refractivity contribution in [3.63, 3.8) is 0 Å². The van der Waals surface area contributed by atoms with Crippen LogP contribution in [0.15, 0.2) is 23.5 Å². The van der Waals surface area contributed by atoms with Gasteiger partial charge in [0, 0.05) is 25.5 Å². The third-order valence-electron chi connectivity index (χ3n) is 1.05. The summed E-state index contributed by atoms with van der Waals surface area (Å²) >= 11 is 0. The van der Waals surface area contributed by atoms with E-state index in [1.54, 1.807) is 13.2 Å². The van der Waals surface area contributed by atoms with Crippen molar-refractivity contribution >= 4 is 0 Å². The van der Waals surface area contributed by atoms with Crippen molar-refractivity contribution in [2.24, 2.45) is 11.5 Å². The molecule has 3 nitrogen and oxygen atoms in total. The third-order valence-corrected chi connectivity index (χ3v) is 1.05. The maximum absolute atomic E-state index is 5.53. The number of hydrogen-bond acceptors (Lipinski definition) is 3. The summed E-state index contributed by atoms with van der Waals surface area (Å²) in [6.45, 7) is 2.49. The molecule has 0 unspecified atom stereocenters. The number of allylic oxidation sites excluding steroid dienone is 1. The summed E-state index contributed by atoms with van der Waals surface area (Å²) in [6, 6.07) is 0. The second-order valence-electron chi connectivity index (χ2n) is 2.13. The van der Waals surface area contributed by atoms with Crippen LogP contribution >= 0.6 is 0 Å². The molecule has 0 aromatic carbocycles. The van der Waals surface area contributed by atoms with Crippen LogP contribution in [0.5, 0.6) is 0 Å². The van der Waals surface area contributed by atoms with E-state index in [4.69, 9.17) is 11.5 Å². The minimum Gasteiger partial charge on any atom is -0.398 e. The fourth-order valence-electron chi connectivity index (χ4n) is 0.552. The number of nitrogens with one attached hydrogen (secondary N) is 1. The Morgan fingerprint density at radius 1 is 1.60 bits per heavy atom. The Balaban J connectivity index is 3.98. The summed E-state index contributed by atoms with van der Waals surface area (Å²) in [5.74, 6) is 0. The van der Waals surface area contributed by atoms with Crippen molar-refractivity contribution in [2.45, 2.75) is 6.92 Å². The van der Waals surface area contributed by atoms with Crippen molar-refractivity contribution in [1.82, 2.24) is 5.32 Å². The molecule has 0 aromatic heterocycles. The van der Waals surface area contributed by atoms with Gasteiger partial charge in [0.15, 0.2) is 0 Å². The lowest BCUT2D eigenvalue weighted by atomic mass is 10.2. The molecule has 0 heterocycles. The monoisotopic (exact) mass is 141 g/mol. The molecule has 0 saturated heterocycles. The summed E-state index contributed by atoms with van der Waals surface area (Å²) in [7, 11) is 1.80. The van der Waals surface area contributed by atoms with E-state index in [9.17, 15) is 0 Å². The van der Waals surface area contributed by atoms with Crippen LogP contribution < -0.4 is 16.8 Å². The van der Waals surface area contributed by atoms with E-state index in [0.717, 1.165) is 5.57 Å². The first kappa shape index (κ1) is 9.04. The molecule has 0 aliphatic carbocycles. The van der Waals surface area contributed by atoms with Gasteiger partial charge in [0.2, 0.25) is 0 Å². The molecule has 0 aliphatic rings. The van der Waals surface area contributed by atoms with Crippen LogP contribution in [0.4, 0.5) is 0 Å². The molecule has 0 bridgehead atoms. The zero-order chi connectivity index (χ0) is 7.98. The average molecular weight is 141 g/mol. The van der Waals surface area contributed by atoms with Gasteiger partial charge in [-0.15, -0.1) is 0 Å². The first-order valence-corrected chi connectivity index (χ1v) is 3.21. The van der Waals surface area contributed by atoms with Crippen LogP contribution in [0.1, 0.15) is 6.92 Å². The molecule has 5 N–H and O–H groups in total. The normalized spacial score (nSPS) is 13.5. The molecule has 0 radical (unpaired) electrons. The lowest BCUT2D eigenvalue weighted by molar-refractivity contribution is 1.07. The van der Waals surface area contributed by atoms with Gasteiger partial charge < -0.3 is 16.8 Å². The quantitative estimate of drug-likeness (QED) is 0.481. The van der Waals surface area contributed by atoms with E-state index < -0.39 is 0 Å². The number of nitrogens with two attached hydrogens (primary N) is 2. The van der Waals surface area contributed by atoms with Crippen molar-refractivity contribution < 1.29 is 0 Å².